The van der Waals surface area contributed by atoms with E-state index in [1.807, 2.05) is 31.6 Å². The van der Waals surface area contributed by atoms with E-state index in [2.05, 4.69) is 20.4 Å². The van der Waals surface area contributed by atoms with Crippen LogP contribution >= 0.6 is 0 Å². The van der Waals surface area contributed by atoms with E-state index in [0.717, 1.165) is 29.5 Å². The topological polar surface area (TPSA) is 64.9 Å². The molecule has 6 heteroatoms. The fraction of sp³-hybridized carbons (Fsp3) is 0.462. The Morgan fingerprint density at radius 2 is 2.26 bits per heavy atom. The lowest BCUT2D eigenvalue weighted by Crippen LogP contribution is -2.23. The van der Waals surface area contributed by atoms with E-state index in [4.69, 9.17) is 4.74 Å². The first-order valence-corrected chi connectivity index (χ1v) is 6.27. The van der Waals surface area contributed by atoms with Crippen molar-refractivity contribution in [3.05, 3.63) is 35.7 Å². The highest BCUT2D eigenvalue weighted by molar-refractivity contribution is 5.33. The van der Waals surface area contributed by atoms with Crippen LogP contribution in [0.3, 0.4) is 0 Å². The lowest BCUT2D eigenvalue weighted by molar-refractivity contribution is 0.400. The molecule has 6 nitrogen and oxygen atoms in total. The lowest BCUT2D eigenvalue weighted by Gasteiger charge is -2.18. The highest BCUT2D eigenvalue weighted by atomic mass is 16.5. The fourth-order valence-corrected chi connectivity index (χ4v) is 2.14. The number of nitrogens with one attached hydrogen (secondary N) is 1. The summed E-state index contributed by atoms with van der Waals surface area (Å²) in [5.41, 5.74) is 1.88. The molecule has 2 heterocycles. The van der Waals surface area contributed by atoms with Crippen LogP contribution in [0.4, 0.5) is 0 Å². The summed E-state index contributed by atoms with van der Waals surface area (Å²) in [6.45, 7) is 4.71. The molecule has 0 aromatic carbocycles. The number of methoxy groups -OCH3 is 1. The second kappa shape index (κ2) is 5.79. The van der Waals surface area contributed by atoms with Crippen LogP contribution in [0.5, 0.6) is 5.75 Å². The van der Waals surface area contributed by atoms with Gasteiger partial charge in [-0.25, -0.2) is 9.97 Å². The molecule has 0 bridgehead atoms. The first-order valence-electron chi connectivity index (χ1n) is 6.27. The maximum Gasteiger partial charge on any atom is 0.161 e. The highest BCUT2D eigenvalue weighted by Gasteiger charge is 2.23. The number of hydrogen-bond acceptors (Lipinski definition) is 5. The van der Waals surface area contributed by atoms with Gasteiger partial charge in [0.05, 0.1) is 25.0 Å². The Morgan fingerprint density at radius 3 is 2.84 bits per heavy atom. The molecule has 0 aliphatic rings. The van der Waals surface area contributed by atoms with Crippen LogP contribution < -0.4 is 10.1 Å². The summed E-state index contributed by atoms with van der Waals surface area (Å²) in [7, 11) is 3.55. The van der Waals surface area contributed by atoms with E-state index < -0.39 is 0 Å². The van der Waals surface area contributed by atoms with Gasteiger partial charge in [-0.3, -0.25) is 4.68 Å². The van der Waals surface area contributed by atoms with E-state index in [-0.39, 0.29) is 6.04 Å². The molecular weight excluding hydrogens is 242 g/mol. The predicted molar refractivity (Wildman–Crippen MR) is 72.1 cm³/mol. The molecule has 0 saturated heterocycles. The highest BCUT2D eigenvalue weighted by Crippen LogP contribution is 2.28. The molecule has 19 heavy (non-hydrogen) atoms. The molecule has 102 valence electrons. The molecular formula is C13H19N5O. The van der Waals surface area contributed by atoms with Crippen LogP contribution in [0, 0.1) is 6.92 Å². The second-order valence-corrected chi connectivity index (χ2v) is 4.16. The zero-order chi connectivity index (χ0) is 13.8. The van der Waals surface area contributed by atoms with Crippen molar-refractivity contribution in [1.82, 2.24) is 25.1 Å². The van der Waals surface area contributed by atoms with Crippen molar-refractivity contribution >= 4 is 0 Å². The number of rotatable bonds is 5. The third-order valence-electron chi connectivity index (χ3n) is 3.02. The van der Waals surface area contributed by atoms with Gasteiger partial charge in [0.1, 0.15) is 11.5 Å². The Kier molecular flexibility index (Phi) is 4.11. The molecule has 1 atom stereocenters. The number of aryl methyl sites for hydroxylation is 2. The minimum atomic E-state index is -0.0703. The normalized spacial score (nSPS) is 12.4. The van der Waals surface area contributed by atoms with Crippen LogP contribution in [0.1, 0.15) is 30.2 Å². The van der Waals surface area contributed by atoms with E-state index >= 15 is 0 Å². The third-order valence-corrected chi connectivity index (χ3v) is 3.02. The first kappa shape index (κ1) is 13.5. The molecule has 0 fully saturated rings. The van der Waals surface area contributed by atoms with Crippen molar-refractivity contribution in [2.24, 2.45) is 0 Å². The van der Waals surface area contributed by atoms with Crippen LogP contribution in [-0.2, 0) is 6.54 Å². The Labute approximate surface area is 112 Å². The van der Waals surface area contributed by atoms with Gasteiger partial charge in [0, 0.05) is 12.7 Å². The summed E-state index contributed by atoms with van der Waals surface area (Å²) in [6.07, 6.45) is 3.50. The van der Waals surface area contributed by atoms with Crippen molar-refractivity contribution < 1.29 is 4.74 Å². The van der Waals surface area contributed by atoms with Crippen LogP contribution in [0.25, 0.3) is 0 Å². The Morgan fingerprint density at radius 1 is 1.47 bits per heavy atom. The summed E-state index contributed by atoms with van der Waals surface area (Å²) < 4.78 is 7.31. The van der Waals surface area contributed by atoms with Crippen LogP contribution in [0.15, 0.2) is 18.5 Å². The van der Waals surface area contributed by atoms with E-state index in [9.17, 15) is 0 Å². The molecule has 0 aliphatic carbocycles. The van der Waals surface area contributed by atoms with Gasteiger partial charge in [-0.15, -0.1) is 0 Å². The second-order valence-electron chi connectivity index (χ2n) is 4.16. The zero-order valence-electron chi connectivity index (χ0n) is 11.7. The summed E-state index contributed by atoms with van der Waals surface area (Å²) in [6, 6.07) is 1.83. The van der Waals surface area contributed by atoms with Gasteiger partial charge in [-0.05, 0) is 27.0 Å². The zero-order valence-corrected chi connectivity index (χ0v) is 11.7. The monoisotopic (exact) mass is 261 g/mol. The molecule has 1 N–H and O–H groups in total. The quantitative estimate of drug-likeness (QED) is 0.879. The minimum absolute atomic E-state index is 0.0703. The van der Waals surface area contributed by atoms with Crippen molar-refractivity contribution in [3.63, 3.8) is 0 Å². The SMILES string of the molecule is CCn1ncc(OC)c1C(NC)c1ccnc(C)n1. The summed E-state index contributed by atoms with van der Waals surface area (Å²) >= 11 is 0. The van der Waals surface area contributed by atoms with Crippen molar-refractivity contribution in [1.29, 1.82) is 0 Å². The Balaban J connectivity index is 2.50. The summed E-state index contributed by atoms with van der Waals surface area (Å²) in [4.78, 5) is 8.61. The van der Waals surface area contributed by atoms with E-state index in [1.54, 1.807) is 19.5 Å². The summed E-state index contributed by atoms with van der Waals surface area (Å²) in [5, 5.41) is 7.60. The average Bonchev–Trinajstić information content (AvgIpc) is 2.83. The standard InChI is InChI=1S/C13H19N5O/c1-5-18-13(11(19-4)8-16-18)12(14-3)10-6-7-15-9(2)17-10/h6-8,12,14H,5H2,1-4H3. The predicted octanol–water partition coefficient (Wildman–Crippen LogP) is 1.32. The smallest absolute Gasteiger partial charge is 0.161 e. The molecule has 0 aliphatic heterocycles. The average molecular weight is 261 g/mol. The maximum atomic E-state index is 5.40. The van der Waals surface area contributed by atoms with E-state index in [1.165, 1.54) is 0 Å². The molecule has 2 rings (SSSR count). The molecule has 0 saturated carbocycles. The van der Waals surface area contributed by atoms with E-state index in [0.29, 0.717) is 0 Å². The number of ether oxygens (including phenoxy) is 1. The van der Waals surface area contributed by atoms with Crippen LogP contribution in [0.2, 0.25) is 0 Å². The van der Waals surface area contributed by atoms with Gasteiger partial charge in [0.25, 0.3) is 0 Å². The maximum absolute atomic E-state index is 5.40. The summed E-state index contributed by atoms with van der Waals surface area (Å²) in [5.74, 6) is 1.51. The van der Waals surface area contributed by atoms with Gasteiger partial charge in [-0.1, -0.05) is 0 Å². The van der Waals surface area contributed by atoms with Gasteiger partial charge in [0.2, 0.25) is 0 Å². The van der Waals surface area contributed by atoms with Crippen molar-refractivity contribution in [3.8, 4) is 5.75 Å². The molecule has 1 unspecified atom stereocenters. The molecule has 2 aromatic rings. The van der Waals surface area contributed by atoms with Gasteiger partial charge >= 0.3 is 0 Å². The van der Waals surface area contributed by atoms with Gasteiger partial charge < -0.3 is 10.1 Å². The molecule has 0 amide bonds. The van der Waals surface area contributed by atoms with Gasteiger partial charge in [0.15, 0.2) is 5.75 Å². The molecule has 2 aromatic heterocycles. The largest absolute Gasteiger partial charge is 0.493 e. The number of hydrogen-bond donors (Lipinski definition) is 1. The Hall–Kier alpha value is -1.95. The molecule has 0 spiro atoms. The van der Waals surface area contributed by atoms with Crippen LogP contribution in [-0.4, -0.2) is 33.9 Å². The Bertz CT molecular complexity index is 530. The van der Waals surface area contributed by atoms with Crippen molar-refractivity contribution in [2.45, 2.75) is 26.4 Å². The minimum Gasteiger partial charge on any atom is -0.493 e. The van der Waals surface area contributed by atoms with Gasteiger partial charge in [-0.2, -0.15) is 5.10 Å². The first-order chi connectivity index (χ1) is 9.21. The third kappa shape index (κ3) is 2.58. The van der Waals surface area contributed by atoms with Crippen molar-refractivity contribution in [2.75, 3.05) is 14.2 Å². The number of nitrogens with zero attached hydrogens (tertiary/aromatic N) is 4. The molecule has 0 radical (unpaired) electrons. The lowest BCUT2D eigenvalue weighted by atomic mass is 10.1. The fourth-order valence-electron chi connectivity index (χ4n) is 2.14. The number of aromatic nitrogens is 4.